The predicted molar refractivity (Wildman–Crippen MR) is 68.0 cm³/mol. The number of carboxylic acid groups (broad SMARTS) is 1. The van der Waals surface area contributed by atoms with Gasteiger partial charge in [-0.25, -0.2) is 9.78 Å². The number of carbonyl (C=O) groups is 1. The highest BCUT2D eigenvalue weighted by Crippen LogP contribution is 2.20. The van der Waals surface area contributed by atoms with Crippen LogP contribution in [-0.4, -0.2) is 20.6 Å². The SMILES string of the molecule is O=C(O)c1cc2ccn(-c3ccccc3)c2cn1. The van der Waals surface area contributed by atoms with E-state index in [9.17, 15) is 4.79 Å². The first-order valence-corrected chi connectivity index (χ1v) is 5.51. The lowest BCUT2D eigenvalue weighted by atomic mass is 10.2. The van der Waals surface area contributed by atoms with E-state index in [2.05, 4.69) is 4.98 Å². The van der Waals surface area contributed by atoms with Crippen LogP contribution in [0, 0.1) is 0 Å². The maximum atomic E-state index is 10.9. The van der Waals surface area contributed by atoms with Crippen LogP contribution >= 0.6 is 0 Å². The number of fused-ring (bicyclic) bond motifs is 1. The highest BCUT2D eigenvalue weighted by Gasteiger charge is 2.08. The van der Waals surface area contributed by atoms with Crippen molar-refractivity contribution in [1.82, 2.24) is 9.55 Å². The zero-order valence-electron chi connectivity index (χ0n) is 9.45. The van der Waals surface area contributed by atoms with Gasteiger partial charge < -0.3 is 9.67 Å². The third-order valence-corrected chi connectivity index (χ3v) is 2.83. The van der Waals surface area contributed by atoms with Crippen LogP contribution < -0.4 is 0 Å². The molecule has 0 aliphatic carbocycles. The Kier molecular flexibility index (Phi) is 2.34. The van der Waals surface area contributed by atoms with E-state index in [1.54, 1.807) is 12.3 Å². The summed E-state index contributed by atoms with van der Waals surface area (Å²) in [5, 5.41) is 9.77. The molecule has 0 aliphatic rings. The zero-order chi connectivity index (χ0) is 12.5. The van der Waals surface area contributed by atoms with Crippen molar-refractivity contribution in [3.8, 4) is 5.69 Å². The summed E-state index contributed by atoms with van der Waals surface area (Å²) in [6.07, 6.45) is 3.50. The van der Waals surface area contributed by atoms with Gasteiger partial charge in [0.2, 0.25) is 0 Å². The van der Waals surface area contributed by atoms with E-state index in [1.165, 1.54) is 0 Å². The number of aromatic nitrogens is 2. The van der Waals surface area contributed by atoms with Crippen molar-refractivity contribution >= 4 is 16.9 Å². The number of nitrogens with zero attached hydrogens (tertiary/aromatic N) is 2. The van der Waals surface area contributed by atoms with Gasteiger partial charge in [0.25, 0.3) is 0 Å². The molecule has 0 aliphatic heterocycles. The van der Waals surface area contributed by atoms with Gasteiger partial charge in [0.15, 0.2) is 0 Å². The lowest BCUT2D eigenvalue weighted by molar-refractivity contribution is 0.0690. The van der Waals surface area contributed by atoms with E-state index in [4.69, 9.17) is 5.11 Å². The van der Waals surface area contributed by atoms with Gasteiger partial charge in [0.05, 0.1) is 11.7 Å². The van der Waals surface area contributed by atoms with E-state index < -0.39 is 5.97 Å². The lowest BCUT2D eigenvalue weighted by Gasteiger charge is -2.04. The second kappa shape index (κ2) is 4.00. The molecule has 0 saturated heterocycles. The third-order valence-electron chi connectivity index (χ3n) is 2.83. The number of rotatable bonds is 2. The Labute approximate surface area is 103 Å². The number of para-hydroxylation sites is 1. The van der Waals surface area contributed by atoms with Crippen LogP contribution in [0.15, 0.2) is 54.9 Å². The number of hydrogen-bond acceptors (Lipinski definition) is 2. The first-order chi connectivity index (χ1) is 8.75. The molecule has 0 unspecified atom stereocenters. The monoisotopic (exact) mass is 238 g/mol. The Hall–Kier alpha value is -2.62. The number of benzene rings is 1. The molecule has 0 radical (unpaired) electrons. The molecule has 2 aromatic heterocycles. The van der Waals surface area contributed by atoms with Crippen molar-refractivity contribution in [2.75, 3.05) is 0 Å². The Balaban J connectivity index is 2.19. The van der Waals surface area contributed by atoms with Crippen LogP contribution in [0.1, 0.15) is 10.5 Å². The average Bonchev–Trinajstić information content (AvgIpc) is 2.82. The molecule has 0 bridgehead atoms. The van der Waals surface area contributed by atoms with Crippen LogP contribution in [0.5, 0.6) is 0 Å². The fourth-order valence-corrected chi connectivity index (χ4v) is 1.96. The second-order valence-corrected chi connectivity index (χ2v) is 3.95. The zero-order valence-corrected chi connectivity index (χ0v) is 9.45. The Morgan fingerprint density at radius 2 is 1.94 bits per heavy atom. The molecule has 4 nitrogen and oxygen atoms in total. The number of aromatic carboxylic acids is 1. The molecule has 0 spiro atoms. The van der Waals surface area contributed by atoms with Crippen LogP contribution in [0.3, 0.4) is 0 Å². The Bertz CT molecular complexity index is 717. The summed E-state index contributed by atoms with van der Waals surface area (Å²) in [5.41, 5.74) is 1.98. The van der Waals surface area contributed by atoms with E-state index in [1.807, 2.05) is 47.2 Å². The molecule has 1 aromatic carbocycles. The van der Waals surface area contributed by atoms with Gasteiger partial charge in [-0.1, -0.05) is 18.2 Å². The Morgan fingerprint density at radius 1 is 1.17 bits per heavy atom. The van der Waals surface area contributed by atoms with Crippen molar-refractivity contribution < 1.29 is 9.90 Å². The van der Waals surface area contributed by atoms with Crippen LogP contribution in [0.4, 0.5) is 0 Å². The van der Waals surface area contributed by atoms with Crippen molar-refractivity contribution in [3.63, 3.8) is 0 Å². The predicted octanol–water partition coefficient (Wildman–Crippen LogP) is 2.72. The topological polar surface area (TPSA) is 55.1 Å². The van der Waals surface area contributed by atoms with Gasteiger partial charge in [0, 0.05) is 17.3 Å². The second-order valence-electron chi connectivity index (χ2n) is 3.95. The first-order valence-electron chi connectivity index (χ1n) is 5.51. The Morgan fingerprint density at radius 3 is 2.67 bits per heavy atom. The third kappa shape index (κ3) is 1.64. The van der Waals surface area contributed by atoms with E-state index >= 15 is 0 Å². The molecule has 0 fully saturated rings. The minimum atomic E-state index is -1.01. The molecule has 88 valence electrons. The molecule has 2 heterocycles. The van der Waals surface area contributed by atoms with Gasteiger partial charge in [-0.3, -0.25) is 0 Å². The summed E-state index contributed by atoms with van der Waals surface area (Å²) in [5.74, 6) is -1.01. The standard InChI is InChI=1S/C14H10N2O2/c17-14(18)12-8-10-6-7-16(13(10)9-15-12)11-4-2-1-3-5-11/h1-9H,(H,17,18). The molecule has 0 amide bonds. The number of hydrogen-bond donors (Lipinski definition) is 1. The molecular weight excluding hydrogens is 228 g/mol. The fraction of sp³-hybridized carbons (Fsp3) is 0. The highest BCUT2D eigenvalue weighted by molar-refractivity contribution is 5.91. The van der Waals surface area contributed by atoms with Crippen molar-refractivity contribution in [2.45, 2.75) is 0 Å². The van der Waals surface area contributed by atoms with E-state index in [0.717, 1.165) is 16.6 Å². The summed E-state index contributed by atoms with van der Waals surface area (Å²) >= 11 is 0. The van der Waals surface area contributed by atoms with Gasteiger partial charge >= 0.3 is 5.97 Å². The maximum Gasteiger partial charge on any atom is 0.354 e. The average molecular weight is 238 g/mol. The summed E-state index contributed by atoms with van der Waals surface area (Å²) < 4.78 is 1.98. The summed E-state index contributed by atoms with van der Waals surface area (Å²) in [6, 6.07) is 13.3. The molecular formula is C14H10N2O2. The van der Waals surface area contributed by atoms with Crippen LogP contribution in [-0.2, 0) is 0 Å². The number of pyridine rings is 1. The molecule has 3 aromatic rings. The van der Waals surface area contributed by atoms with Crippen LogP contribution in [0.2, 0.25) is 0 Å². The maximum absolute atomic E-state index is 10.9. The molecule has 0 saturated carbocycles. The summed E-state index contributed by atoms with van der Waals surface area (Å²) in [7, 11) is 0. The van der Waals surface area contributed by atoms with Gasteiger partial charge in [-0.15, -0.1) is 0 Å². The van der Waals surface area contributed by atoms with Gasteiger partial charge in [0.1, 0.15) is 5.69 Å². The first kappa shape index (κ1) is 10.5. The minimum Gasteiger partial charge on any atom is -0.477 e. The van der Waals surface area contributed by atoms with Crippen molar-refractivity contribution in [3.05, 3.63) is 60.6 Å². The normalized spacial score (nSPS) is 10.7. The van der Waals surface area contributed by atoms with E-state index in [-0.39, 0.29) is 5.69 Å². The molecule has 1 N–H and O–H groups in total. The molecule has 18 heavy (non-hydrogen) atoms. The van der Waals surface area contributed by atoms with E-state index in [0.29, 0.717) is 0 Å². The summed E-state index contributed by atoms with van der Waals surface area (Å²) in [4.78, 5) is 14.8. The number of carboxylic acids is 1. The molecule has 0 atom stereocenters. The molecule has 3 rings (SSSR count). The smallest absolute Gasteiger partial charge is 0.354 e. The van der Waals surface area contributed by atoms with Gasteiger partial charge in [-0.2, -0.15) is 0 Å². The van der Waals surface area contributed by atoms with Crippen molar-refractivity contribution in [1.29, 1.82) is 0 Å². The lowest BCUT2D eigenvalue weighted by Crippen LogP contribution is -2.00. The largest absolute Gasteiger partial charge is 0.477 e. The quantitative estimate of drug-likeness (QED) is 0.746. The van der Waals surface area contributed by atoms with Crippen molar-refractivity contribution in [2.24, 2.45) is 0 Å². The summed E-state index contributed by atoms with van der Waals surface area (Å²) in [6.45, 7) is 0. The minimum absolute atomic E-state index is 0.0633. The molecule has 4 heteroatoms. The van der Waals surface area contributed by atoms with Gasteiger partial charge in [-0.05, 0) is 24.3 Å². The van der Waals surface area contributed by atoms with Crippen LogP contribution in [0.25, 0.3) is 16.6 Å². The highest BCUT2D eigenvalue weighted by atomic mass is 16.4. The fourth-order valence-electron chi connectivity index (χ4n) is 1.96.